The molecule has 1 unspecified atom stereocenters. The predicted octanol–water partition coefficient (Wildman–Crippen LogP) is 1.25. The van der Waals surface area contributed by atoms with Crippen molar-refractivity contribution in [3.8, 4) is 0 Å². The molecule has 1 heterocycles. The topological polar surface area (TPSA) is 60.4 Å². The third kappa shape index (κ3) is 5.21. The SMILES string of the molecule is CC(C)(C)OC(=O)CSC1CCS(=O)(=O)C1. The number of carbonyl (C=O) groups is 1. The Balaban J connectivity index is 2.29. The number of hydrogen-bond acceptors (Lipinski definition) is 5. The van der Waals surface area contributed by atoms with Crippen LogP contribution in [0.25, 0.3) is 0 Å². The number of carbonyl (C=O) groups excluding carboxylic acids is 1. The highest BCUT2D eigenvalue weighted by Gasteiger charge is 2.29. The van der Waals surface area contributed by atoms with Crippen molar-refractivity contribution in [2.75, 3.05) is 17.3 Å². The molecule has 1 aliphatic heterocycles. The molecule has 0 amide bonds. The van der Waals surface area contributed by atoms with Crippen molar-refractivity contribution in [2.45, 2.75) is 38.0 Å². The Kier molecular flexibility index (Phi) is 4.29. The van der Waals surface area contributed by atoms with Crippen LogP contribution in [0.4, 0.5) is 0 Å². The number of thioether (sulfide) groups is 1. The monoisotopic (exact) mass is 266 g/mol. The van der Waals surface area contributed by atoms with Crippen molar-refractivity contribution in [2.24, 2.45) is 0 Å². The van der Waals surface area contributed by atoms with E-state index in [9.17, 15) is 13.2 Å². The van der Waals surface area contributed by atoms with Gasteiger partial charge in [0.25, 0.3) is 0 Å². The average molecular weight is 266 g/mol. The van der Waals surface area contributed by atoms with Crippen LogP contribution in [-0.2, 0) is 19.4 Å². The fourth-order valence-corrected chi connectivity index (χ4v) is 4.86. The number of ether oxygens (including phenoxy) is 1. The van der Waals surface area contributed by atoms with Gasteiger partial charge < -0.3 is 4.74 Å². The highest BCUT2D eigenvalue weighted by atomic mass is 32.2. The smallest absolute Gasteiger partial charge is 0.316 e. The molecule has 0 aromatic heterocycles. The highest BCUT2D eigenvalue weighted by Crippen LogP contribution is 2.24. The van der Waals surface area contributed by atoms with Gasteiger partial charge >= 0.3 is 5.97 Å². The normalized spacial score (nSPS) is 24.3. The Morgan fingerprint density at radius 3 is 2.50 bits per heavy atom. The van der Waals surface area contributed by atoms with Gasteiger partial charge in [0.1, 0.15) is 5.60 Å². The summed E-state index contributed by atoms with van der Waals surface area (Å²) in [5.74, 6) is 0.401. The Labute approximate surface area is 101 Å². The standard InChI is InChI=1S/C10H18O4S2/c1-10(2,3)14-9(11)6-15-8-4-5-16(12,13)7-8/h8H,4-7H2,1-3H3. The third-order valence-corrected chi connectivity index (χ3v) is 5.30. The van der Waals surface area contributed by atoms with Crippen molar-refractivity contribution < 1.29 is 17.9 Å². The summed E-state index contributed by atoms with van der Waals surface area (Å²) in [7, 11) is -2.85. The van der Waals surface area contributed by atoms with Gasteiger partial charge in [-0.15, -0.1) is 11.8 Å². The van der Waals surface area contributed by atoms with Gasteiger partial charge in [-0.2, -0.15) is 0 Å². The third-order valence-electron chi connectivity index (χ3n) is 2.05. The van der Waals surface area contributed by atoms with Gasteiger partial charge in [0.2, 0.25) is 0 Å². The summed E-state index contributed by atoms with van der Waals surface area (Å²) in [6.07, 6.45) is 0.649. The zero-order valence-corrected chi connectivity index (χ0v) is 11.5. The second-order valence-corrected chi connectivity index (χ2v) is 8.44. The second kappa shape index (κ2) is 4.96. The number of sulfone groups is 1. The minimum Gasteiger partial charge on any atom is -0.459 e. The van der Waals surface area contributed by atoms with Crippen LogP contribution in [0.15, 0.2) is 0 Å². The Morgan fingerprint density at radius 1 is 1.44 bits per heavy atom. The van der Waals surface area contributed by atoms with Crippen molar-refractivity contribution in [1.82, 2.24) is 0 Å². The van der Waals surface area contributed by atoms with E-state index >= 15 is 0 Å². The molecule has 16 heavy (non-hydrogen) atoms. The van der Waals surface area contributed by atoms with Gasteiger partial charge in [0, 0.05) is 5.25 Å². The van der Waals surface area contributed by atoms with Crippen LogP contribution in [0, 0.1) is 0 Å². The lowest BCUT2D eigenvalue weighted by Gasteiger charge is -2.19. The van der Waals surface area contributed by atoms with Crippen molar-refractivity contribution in [3.63, 3.8) is 0 Å². The molecule has 1 aliphatic rings. The van der Waals surface area contributed by atoms with Gasteiger partial charge in [0.15, 0.2) is 9.84 Å². The fourth-order valence-electron chi connectivity index (χ4n) is 1.45. The number of rotatable bonds is 3. The van der Waals surface area contributed by atoms with E-state index in [0.717, 1.165) is 0 Å². The molecule has 0 bridgehead atoms. The molecule has 0 aromatic rings. The maximum absolute atomic E-state index is 11.4. The molecule has 1 saturated heterocycles. The Hall–Kier alpha value is -0.230. The van der Waals surface area contributed by atoms with E-state index in [0.29, 0.717) is 6.42 Å². The van der Waals surface area contributed by atoms with E-state index in [-0.39, 0.29) is 28.5 Å². The molecule has 0 saturated carbocycles. The highest BCUT2D eigenvalue weighted by molar-refractivity contribution is 8.02. The molecule has 1 rings (SSSR count). The van der Waals surface area contributed by atoms with E-state index in [1.54, 1.807) is 0 Å². The summed E-state index contributed by atoms with van der Waals surface area (Å²) in [6.45, 7) is 5.45. The zero-order chi connectivity index (χ0) is 12.4. The first-order chi connectivity index (χ1) is 7.18. The maximum atomic E-state index is 11.4. The van der Waals surface area contributed by atoms with Gasteiger partial charge in [0.05, 0.1) is 17.3 Å². The predicted molar refractivity (Wildman–Crippen MR) is 65.4 cm³/mol. The molecule has 0 aliphatic carbocycles. The van der Waals surface area contributed by atoms with Gasteiger partial charge in [-0.3, -0.25) is 4.79 Å². The van der Waals surface area contributed by atoms with E-state index in [2.05, 4.69) is 0 Å². The van der Waals surface area contributed by atoms with E-state index in [1.807, 2.05) is 20.8 Å². The molecule has 1 atom stereocenters. The fraction of sp³-hybridized carbons (Fsp3) is 0.900. The van der Waals surface area contributed by atoms with Crippen molar-refractivity contribution >= 4 is 27.6 Å². The number of esters is 1. The van der Waals surface area contributed by atoms with Gasteiger partial charge in [-0.25, -0.2) is 8.42 Å². The maximum Gasteiger partial charge on any atom is 0.316 e. The lowest BCUT2D eigenvalue weighted by molar-refractivity contribution is -0.151. The summed E-state index contributed by atoms with van der Waals surface area (Å²) in [4.78, 5) is 11.4. The van der Waals surface area contributed by atoms with Crippen LogP contribution < -0.4 is 0 Å². The molecular weight excluding hydrogens is 248 g/mol. The average Bonchev–Trinajstić information content (AvgIpc) is 2.39. The summed E-state index contributed by atoms with van der Waals surface area (Å²) < 4.78 is 27.5. The minimum atomic E-state index is -2.85. The van der Waals surface area contributed by atoms with Crippen LogP contribution in [0.2, 0.25) is 0 Å². The van der Waals surface area contributed by atoms with Crippen molar-refractivity contribution in [1.29, 1.82) is 0 Å². The summed E-state index contributed by atoms with van der Waals surface area (Å²) in [5, 5.41) is 0.0533. The first kappa shape index (κ1) is 13.8. The molecule has 6 heteroatoms. The summed E-state index contributed by atoms with van der Waals surface area (Å²) in [6, 6.07) is 0. The largest absolute Gasteiger partial charge is 0.459 e. The molecule has 0 aromatic carbocycles. The minimum absolute atomic E-state index is 0.0533. The van der Waals surface area contributed by atoms with E-state index in [1.165, 1.54) is 11.8 Å². The lowest BCUT2D eigenvalue weighted by atomic mass is 10.2. The molecular formula is C10H18O4S2. The van der Waals surface area contributed by atoms with Crippen LogP contribution in [-0.4, -0.2) is 42.5 Å². The molecule has 0 N–H and O–H groups in total. The number of hydrogen-bond donors (Lipinski definition) is 0. The quantitative estimate of drug-likeness (QED) is 0.719. The van der Waals surface area contributed by atoms with Crippen molar-refractivity contribution in [3.05, 3.63) is 0 Å². The van der Waals surface area contributed by atoms with Crippen LogP contribution in [0.5, 0.6) is 0 Å². The summed E-state index contributed by atoms with van der Waals surface area (Å²) >= 11 is 1.38. The zero-order valence-electron chi connectivity index (χ0n) is 9.86. The van der Waals surface area contributed by atoms with Crippen LogP contribution >= 0.6 is 11.8 Å². The molecule has 94 valence electrons. The van der Waals surface area contributed by atoms with E-state index in [4.69, 9.17) is 4.74 Å². The lowest BCUT2D eigenvalue weighted by Crippen LogP contribution is -2.25. The molecule has 1 fully saturated rings. The van der Waals surface area contributed by atoms with Gasteiger partial charge in [-0.05, 0) is 27.2 Å². The van der Waals surface area contributed by atoms with Crippen LogP contribution in [0.3, 0.4) is 0 Å². The molecule has 4 nitrogen and oxygen atoms in total. The summed E-state index contributed by atoms with van der Waals surface area (Å²) in [5.41, 5.74) is -0.473. The first-order valence-corrected chi connectivity index (χ1v) is 8.09. The van der Waals surface area contributed by atoms with Crippen LogP contribution in [0.1, 0.15) is 27.2 Å². The second-order valence-electron chi connectivity index (χ2n) is 4.92. The first-order valence-electron chi connectivity index (χ1n) is 5.22. The van der Waals surface area contributed by atoms with Gasteiger partial charge in [-0.1, -0.05) is 0 Å². The Morgan fingerprint density at radius 2 is 2.06 bits per heavy atom. The molecule has 0 radical (unpaired) electrons. The molecule has 0 spiro atoms. The Bertz CT molecular complexity index is 354. The van der Waals surface area contributed by atoms with E-state index < -0.39 is 15.4 Å².